The smallest absolute Gasteiger partial charge is 0.129 e. The molecule has 0 aliphatic carbocycles. The Hall–Kier alpha value is -1.59. The van der Waals surface area contributed by atoms with Gasteiger partial charge in [0.25, 0.3) is 0 Å². The fraction of sp³-hybridized carbons (Fsp3) is 0.500. The zero-order chi connectivity index (χ0) is 13.1. The van der Waals surface area contributed by atoms with Gasteiger partial charge in [-0.05, 0) is 24.5 Å². The number of aliphatic hydroxyl groups excluding tert-OH is 1. The van der Waals surface area contributed by atoms with Gasteiger partial charge in [-0.25, -0.2) is 4.98 Å². The molecule has 1 aliphatic heterocycles. The third-order valence-corrected chi connectivity index (χ3v) is 3.64. The first kappa shape index (κ1) is 12.4. The summed E-state index contributed by atoms with van der Waals surface area (Å²) in [5, 5.41) is 12.4. The van der Waals surface area contributed by atoms with Crippen LogP contribution in [0.1, 0.15) is 23.8 Å². The van der Waals surface area contributed by atoms with Crippen molar-refractivity contribution in [1.82, 2.24) is 14.9 Å². The normalized spacial score (nSPS) is 18.5. The topological polar surface area (TPSA) is 63.2 Å². The van der Waals surface area contributed by atoms with Crippen LogP contribution in [0, 0.1) is 5.92 Å². The van der Waals surface area contributed by atoms with Crippen LogP contribution in [-0.4, -0.2) is 21.2 Å². The van der Waals surface area contributed by atoms with E-state index < -0.39 is 0 Å². The number of fused-ring (bicyclic) bond motifs is 1. The molecule has 2 aromatic rings. The standard InChI is InChI=1S/C14H19N3O2/c18-10-13-3-2-12(19-13)8-15-7-11-1-4-14-16-5-6-17(14)9-11/h2-3,5-6,11,15,18H,1,4,7-10H2. The van der Waals surface area contributed by atoms with Crippen molar-refractivity contribution >= 4 is 0 Å². The predicted molar refractivity (Wildman–Crippen MR) is 70.4 cm³/mol. The van der Waals surface area contributed by atoms with Gasteiger partial charge < -0.3 is 19.4 Å². The predicted octanol–water partition coefficient (Wildman–Crippen LogP) is 1.32. The van der Waals surface area contributed by atoms with E-state index >= 15 is 0 Å². The summed E-state index contributed by atoms with van der Waals surface area (Å²) in [5.74, 6) is 3.35. The van der Waals surface area contributed by atoms with Gasteiger partial charge >= 0.3 is 0 Å². The summed E-state index contributed by atoms with van der Waals surface area (Å²) in [4.78, 5) is 4.34. The second kappa shape index (κ2) is 5.59. The van der Waals surface area contributed by atoms with Gasteiger partial charge in [-0.15, -0.1) is 0 Å². The lowest BCUT2D eigenvalue weighted by Gasteiger charge is -2.23. The Morgan fingerprint density at radius 3 is 3.16 bits per heavy atom. The Balaban J connectivity index is 1.46. The molecule has 0 aromatic carbocycles. The molecule has 2 aromatic heterocycles. The minimum absolute atomic E-state index is 0.0357. The average Bonchev–Trinajstić information content (AvgIpc) is 3.06. The molecule has 102 valence electrons. The maximum atomic E-state index is 8.93. The highest BCUT2D eigenvalue weighted by molar-refractivity contribution is 5.06. The van der Waals surface area contributed by atoms with E-state index in [0.717, 1.165) is 25.3 Å². The first-order valence-corrected chi connectivity index (χ1v) is 6.74. The molecule has 1 atom stereocenters. The summed E-state index contributed by atoms with van der Waals surface area (Å²) < 4.78 is 7.68. The maximum absolute atomic E-state index is 8.93. The van der Waals surface area contributed by atoms with Crippen molar-refractivity contribution in [3.63, 3.8) is 0 Å². The van der Waals surface area contributed by atoms with E-state index in [4.69, 9.17) is 9.52 Å². The Kier molecular flexibility index (Phi) is 3.66. The first-order valence-electron chi connectivity index (χ1n) is 6.74. The lowest BCUT2D eigenvalue weighted by molar-refractivity contribution is 0.242. The van der Waals surface area contributed by atoms with Crippen LogP contribution in [0.2, 0.25) is 0 Å². The molecule has 1 unspecified atom stereocenters. The van der Waals surface area contributed by atoms with E-state index in [-0.39, 0.29) is 6.61 Å². The van der Waals surface area contributed by atoms with Crippen LogP contribution >= 0.6 is 0 Å². The molecular formula is C14H19N3O2. The zero-order valence-corrected chi connectivity index (χ0v) is 10.9. The Labute approximate surface area is 112 Å². The van der Waals surface area contributed by atoms with Gasteiger partial charge in [0.2, 0.25) is 0 Å². The molecule has 0 saturated carbocycles. The number of hydrogen-bond acceptors (Lipinski definition) is 4. The number of imidazole rings is 1. The van der Waals surface area contributed by atoms with Gasteiger partial charge in [0.1, 0.15) is 24.0 Å². The summed E-state index contributed by atoms with van der Waals surface area (Å²) in [6, 6.07) is 3.72. The van der Waals surface area contributed by atoms with E-state index in [2.05, 4.69) is 21.1 Å². The molecule has 0 spiro atoms. The Morgan fingerprint density at radius 1 is 1.42 bits per heavy atom. The molecular weight excluding hydrogens is 242 g/mol. The molecule has 2 N–H and O–H groups in total. The summed E-state index contributed by atoms with van der Waals surface area (Å²) in [7, 11) is 0. The van der Waals surface area contributed by atoms with E-state index in [0.29, 0.717) is 18.2 Å². The van der Waals surface area contributed by atoms with Gasteiger partial charge in [0.15, 0.2) is 0 Å². The minimum Gasteiger partial charge on any atom is -0.462 e. The number of aryl methyl sites for hydroxylation is 1. The molecule has 0 radical (unpaired) electrons. The van der Waals surface area contributed by atoms with Crippen molar-refractivity contribution in [2.45, 2.75) is 32.5 Å². The van der Waals surface area contributed by atoms with Crippen LogP contribution in [0.3, 0.4) is 0 Å². The van der Waals surface area contributed by atoms with Crippen molar-refractivity contribution < 1.29 is 9.52 Å². The van der Waals surface area contributed by atoms with Crippen LogP contribution < -0.4 is 5.32 Å². The number of aromatic nitrogens is 2. The quantitative estimate of drug-likeness (QED) is 0.852. The Morgan fingerprint density at radius 2 is 2.32 bits per heavy atom. The van der Waals surface area contributed by atoms with Crippen LogP contribution in [-0.2, 0) is 26.1 Å². The SMILES string of the molecule is OCc1ccc(CNCC2CCc3nccn3C2)o1. The van der Waals surface area contributed by atoms with Gasteiger partial charge in [-0.3, -0.25) is 0 Å². The van der Waals surface area contributed by atoms with Crippen LogP contribution in [0.4, 0.5) is 0 Å². The minimum atomic E-state index is -0.0357. The molecule has 0 fully saturated rings. The maximum Gasteiger partial charge on any atom is 0.129 e. The number of hydrogen-bond donors (Lipinski definition) is 2. The second-order valence-electron chi connectivity index (χ2n) is 5.06. The van der Waals surface area contributed by atoms with Gasteiger partial charge in [-0.1, -0.05) is 0 Å². The van der Waals surface area contributed by atoms with Crippen molar-refractivity contribution in [3.8, 4) is 0 Å². The molecule has 3 rings (SSSR count). The summed E-state index contributed by atoms with van der Waals surface area (Å²) in [6.45, 7) is 2.70. The molecule has 5 heteroatoms. The number of furan rings is 1. The van der Waals surface area contributed by atoms with Gasteiger partial charge in [0, 0.05) is 31.9 Å². The zero-order valence-electron chi connectivity index (χ0n) is 10.9. The number of nitrogens with one attached hydrogen (secondary N) is 1. The fourth-order valence-corrected chi connectivity index (χ4v) is 2.61. The molecule has 3 heterocycles. The lowest BCUT2D eigenvalue weighted by Crippen LogP contribution is -2.29. The highest BCUT2D eigenvalue weighted by atomic mass is 16.4. The molecule has 5 nitrogen and oxygen atoms in total. The summed E-state index contributed by atoms with van der Waals surface area (Å²) in [6.07, 6.45) is 6.19. The van der Waals surface area contributed by atoms with Crippen molar-refractivity contribution in [1.29, 1.82) is 0 Å². The van der Waals surface area contributed by atoms with Crippen molar-refractivity contribution in [2.75, 3.05) is 6.54 Å². The fourth-order valence-electron chi connectivity index (χ4n) is 2.61. The molecule has 0 bridgehead atoms. The summed E-state index contributed by atoms with van der Waals surface area (Å²) in [5.41, 5.74) is 0. The largest absolute Gasteiger partial charge is 0.462 e. The summed E-state index contributed by atoms with van der Waals surface area (Å²) >= 11 is 0. The first-order chi connectivity index (χ1) is 9.35. The van der Waals surface area contributed by atoms with Gasteiger partial charge in [0.05, 0.1) is 6.54 Å². The monoisotopic (exact) mass is 261 g/mol. The highest BCUT2D eigenvalue weighted by Gasteiger charge is 2.18. The van der Waals surface area contributed by atoms with E-state index in [1.54, 1.807) is 0 Å². The van der Waals surface area contributed by atoms with E-state index in [1.807, 2.05) is 18.3 Å². The lowest BCUT2D eigenvalue weighted by atomic mass is 9.99. The van der Waals surface area contributed by atoms with Crippen molar-refractivity contribution in [2.24, 2.45) is 5.92 Å². The Bertz CT molecular complexity index is 532. The van der Waals surface area contributed by atoms with Crippen LogP contribution in [0.5, 0.6) is 0 Å². The van der Waals surface area contributed by atoms with Gasteiger partial charge in [-0.2, -0.15) is 0 Å². The van der Waals surface area contributed by atoms with E-state index in [9.17, 15) is 0 Å². The second-order valence-corrected chi connectivity index (χ2v) is 5.06. The third kappa shape index (κ3) is 2.88. The van der Waals surface area contributed by atoms with Crippen molar-refractivity contribution in [3.05, 3.63) is 41.9 Å². The molecule has 1 aliphatic rings. The number of aliphatic hydroxyl groups is 1. The molecule has 0 amide bonds. The van der Waals surface area contributed by atoms with E-state index in [1.165, 1.54) is 12.2 Å². The number of rotatable bonds is 5. The highest BCUT2D eigenvalue weighted by Crippen LogP contribution is 2.18. The van der Waals surface area contributed by atoms with Crippen LogP contribution in [0.15, 0.2) is 28.9 Å². The molecule has 0 saturated heterocycles. The number of nitrogens with zero attached hydrogens (tertiary/aromatic N) is 2. The molecule has 19 heavy (non-hydrogen) atoms. The van der Waals surface area contributed by atoms with Crippen LogP contribution in [0.25, 0.3) is 0 Å². The third-order valence-electron chi connectivity index (χ3n) is 3.64. The average molecular weight is 261 g/mol.